The molecule has 4 heteroatoms. The lowest BCUT2D eigenvalue weighted by Gasteiger charge is -2.10. The van der Waals surface area contributed by atoms with Gasteiger partial charge < -0.3 is 9.47 Å². The number of hydrogen-bond acceptors (Lipinski definition) is 2. The van der Waals surface area contributed by atoms with Crippen LogP contribution >= 0.6 is 15.9 Å². The molecule has 1 atom stereocenters. The van der Waals surface area contributed by atoms with Crippen LogP contribution in [-0.2, 0) is 16.1 Å². The minimum Gasteiger partial charge on any atom is -0.376 e. The molecule has 1 saturated heterocycles. The van der Waals surface area contributed by atoms with Crippen molar-refractivity contribution in [3.05, 3.63) is 34.1 Å². The number of ether oxygens (including phenoxy) is 2. The lowest BCUT2D eigenvalue weighted by Crippen LogP contribution is -2.13. The van der Waals surface area contributed by atoms with Gasteiger partial charge in [-0.2, -0.15) is 0 Å². The summed E-state index contributed by atoms with van der Waals surface area (Å²) in [6.07, 6.45) is 2.43. The van der Waals surface area contributed by atoms with Gasteiger partial charge in [-0.1, -0.05) is 22.0 Å². The van der Waals surface area contributed by atoms with E-state index in [2.05, 4.69) is 15.9 Å². The van der Waals surface area contributed by atoms with E-state index in [0.29, 0.717) is 13.2 Å². The zero-order chi connectivity index (χ0) is 11.4. The molecule has 0 spiro atoms. The van der Waals surface area contributed by atoms with Crippen molar-refractivity contribution in [3.63, 3.8) is 0 Å². The summed E-state index contributed by atoms with van der Waals surface area (Å²) in [5.74, 6) is -0.241. The molecule has 1 aromatic rings. The summed E-state index contributed by atoms with van der Waals surface area (Å²) in [6, 6.07) is 4.62. The Kier molecular flexibility index (Phi) is 4.32. The maximum atomic E-state index is 12.8. The average molecular weight is 289 g/mol. The van der Waals surface area contributed by atoms with Crippen LogP contribution in [0.15, 0.2) is 22.7 Å². The minimum absolute atomic E-state index is 0.235. The van der Waals surface area contributed by atoms with Gasteiger partial charge in [-0.15, -0.1) is 0 Å². The second-order valence-corrected chi connectivity index (χ2v) is 4.74. The molecule has 1 aliphatic rings. The van der Waals surface area contributed by atoms with E-state index < -0.39 is 0 Å². The minimum atomic E-state index is -0.241. The average Bonchev–Trinajstić information content (AvgIpc) is 2.74. The SMILES string of the molecule is Fc1ccc(COCC2CCCO2)c(Br)c1. The van der Waals surface area contributed by atoms with Crippen LogP contribution < -0.4 is 0 Å². The molecular formula is C12H14BrFO2. The highest BCUT2D eigenvalue weighted by Crippen LogP contribution is 2.19. The van der Waals surface area contributed by atoms with E-state index in [1.165, 1.54) is 12.1 Å². The number of benzene rings is 1. The molecule has 88 valence electrons. The van der Waals surface area contributed by atoms with Crippen molar-refractivity contribution in [3.8, 4) is 0 Å². The van der Waals surface area contributed by atoms with Crippen molar-refractivity contribution >= 4 is 15.9 Å². The summed E-state index contributed by atoms with van der Waals surface area (Å²) in [5.41, 5.74) is 0.958. The van der Waals surface area contributed by atoms with E-state index in [1.807, 2.05) is 0 Å². The van der Waals surface area contributed by atoms with Crippen LogP contribution in [0.25, 0.3) is 0 Å². The first kappa shape index (κ1) is 12.0. The van der Waals surface area contributed by atoms with Crippen LogP contribution in [0.5, 0.6) is 0 Å². The van der Waals surface area contributed by atoms with Crippen LogP contribution in [0.1, 0.15) is 18.4 Å². The van der Waals surface area contributed by atoms with Gasteiger partial charge in [-0.3, -0.25) is 0 Å². The lowest BCUT2D eigenvalue weighted by atomic mass is 10.2. The fraction of sp³-hybridized carbons (Fsp3) is 0.500. The van der Waals surface area contributed by atoms with Crippen molar-refractivity contribution < 1.29 is 13.9 Å². The highest BCUT2D eigenvalue weighted by molar-refractivity contribution is 9.10. The summed E-state index contributed by atoms with van der Waals surface area (Å²) in [6.45, 7) is 1.94. The van der Waals surface area contributed by atoms with Gasteiger partial charge in [-0.05, 0) is 30.5 Å². The Morgan fingerprint density at radius 1 is 1.50 bits per heavy atom. The molecule has 1 heterocycles. The molecule has 1 aromatic carbocycles. The molecular weight excluding hydrogens is 275 g/mol. The second-order valence-electron chi connectivity index (χ2n) is 3.89. The third-order valence-electron chi connectivity index (χ3n) is 2.60. The standard InChI is InChI=1S/C12H14BrFO2/c13-12-6-10(14)4-3-9(12)7-15-8-11-2-1-5-16-11/h3-4,6,11H,1-2,5,7-8H2. The first-order chi connectivity index (χ1) is 7.75. The summed E-state index contributed by atoms with van der Waals surface area (Å²) in [7, 11) is 0. The highest BCUT2D eigenvalue weighted by atomic mass is 79.9. The highest BCUT2D eigenvalue weighted by Gasteiger charge is 2.15. The van der Waals surface area contributed by atoms with Crippen molar-refractivity contribution in [1.29, 1.82) is 0 Å². The molecule has 2 nitrogen and oxygen atoms in total. The quantitative estimate of drug-likeness (QED) is 0.847. The van der Waals surface area contributed by atoms with Crippen LogP contribution in [0, 0.1) is 5.82 Å². The van der Waals surface area contributed by atoms with E-state index in [4.69, 9.17) is 9.47 Å². The first-order valence-electron chi connectivity index (χ1n) is 5.39. The molecule has 0 N–H and O–H groups in total. The predicted molar refractivity (Wildman–Crippen MR) is 62.7 cm³/mol. The van der Waals surface area contributed by atoms with E-state index in [1.54, 1.807) is 6.07 Å². The third-order valence-corrected chi connectivity index (χ3v) is 3.34. The molecule has 0 aromatic heterocycles. The third kappa shape index (κ3) is 3.27. The Balaban J connectivity index is 1.80. The fourth-order valence-corrected chi connectivity index (χ4v) is 2.18. The molecule has 1 aliphatic heterocycles. The van der Waals surface area contributed by atoms with Gasteiger partial charge in [0.15, 0.2) is 0 Å². The van der Waals surface area contributed by atoms with Gasteiger partial charge in [0, 0.05) is 11.1 Å². The lowest BCUT2D eigenvalue weighted by molar-refractivity contribution is 0.0104. The molecule has 16 heavy (non-hydrogen) atoms. The largest absolute Gasteiger partial charge is 0.376 e. The maximum absolute atomic E-state index is 12.8. The number of rotatable bonds is 4. The van der Waals surface area contributed by atoms with E-state index in [0.717, 1.165) is 29.5 Å². The van der Waals surface area contributed by atoms with Crippen LogP contribution in [0.4, 0.5) is 4.39 Å². The molecule has 0 radical (unpaired) electrons. The summed E-state index contributed by atoms with van der Waals surface area (Å²) >= 11 is 3.31. The van der Waals surface area contributed by atoms with Gasteiger partial charge in [-0.25, -0.2) is 4.39 Å². The predicted octanol–water partition coefficient (Wildman–Crippen LogP) is 3.28. The van der Waals surface area contributed by atoms with Gasteiger partial charge in [0.2, 0.25) is 0 Å². The van der Waals surface area contributed by atoms with Crippen LogP contribution in [-0.4, -0.2) is 19.3 Å². The number of halogens is 2. The zero-order valence-corrected chi connectivity index (χ0v) is 10.5. The normalized spacial score (nSPS) is 20.2. The van der Waals surface area contributed by atoms with Gasteiger partial charge in [0.25, 0.3) is 0 Å². The Morgan fingerprint density at radius 3 is 3.06 bits per heavy atom. The molecule has 0 saturated carbocycles. The molecule has 1 fully saturated rings. The molecule has 2 rings (SSSR count). The maximum Gasteiger partial charge on any atom is 0.124 e. The molecule has 0 aliphatic carbocycles. The Hall–Kier alpha value is -0.450. The summed E-state index contributed by atoms with van der Waals surface area (Å²) in [4.78, 5) is 0. The first-order valence-corrected chi connectivity index (χ1v) is 6.18. The zero-order valence-electron chi connectivity index (χ0n) is 8.92. The molecule has 0 amide bonds. The summed E-state index contributed by atoms with van der Waals surface area (Å²) in [5, 5.41) is 0. The van der Waals surface area contributed by atoms with Crippen molar-refractivity contribution in [2.75, 3.05) is 13.2 Å². The molecule has 1 unspecified atom stereocenters. The Bertz CT molecular complexity index is 351. The molecule has 0 bridgehead atoms. The van der Waals surface area contributed by atoms with Crippen molar-refractivity contribution in [2.45, 2.75) is 25.6 Å². The Morgan fingerprint density at radius 2 is 2.38 bits per heavy atom. The van der Waals surface area contributed by atoms with Gasteiger partial charge in [0.1, 0.15) is 5.82 Å². The van der Waals surface area contributed by atoms with E-state index in [9.17, 15) is 4.39 Å². The smallest absolute Gasteiger partial charge is 0.124 e. The number of hydrogen-bond donors (Lipinski definition) is 0. The van der Waals surface area contributed by atoms with E-state index in [-0.39, 0.29) is 11.9 Å². The van der Waals surface area contributed by atoms with Crippen LogP contribution in [0.2, 0.25) is 0 Å². The fourth-order valence-electron chi connectivity index (χ4n) is 1.71. The summed E-state index contributed by atoms with van der Waals surface area (Å²) < 4.78 is 24.6. The topological polar surface area (TPSA) is 18.5 Å². The monoisotopic (exact) mass is 288 g/mol. The van der Waals surface area contributed by atoms with E-state index >= 15 is 0 Å². The van der Waals surface area contributed by atoms with Gasteiger partial charge in [0.05, 0.1) is 19.3 Å². The van der Waals surface area contributed by atoms with Crippen molar-refractivity contribution in [1.82, 2.24) is 0 Å². The van der Waals surface area contributed by atoms with Crippen molar-refractivity contribution in [2.24, 2.45) is 0 Å². The van der Waals surface area contributed by atoms with Gasteiger partial charge >= 0.3 is 0 Å². The second kappa shape index (κ2) is 5.75. The van der Waals surface area contributed by atoms with Crippen LogP contribution in [0.3, 0.4) is 0 Å². The Labute approximate surface area is 103 Å².